The number of aromatic amines is 1. The van der Waals surface area contributed by atoms with Gasteiger partial charge in [0.15, 0.2) is 0 Å². The number of amides is 1. The number of morpholine rings is 2. The van der Waals surface area contributed by atoms with Crippen LogP contribution in [0.2, 0.25) is 0 Å². The van der Waals surface area contributed by atoms with Crippen LogP contribution in [0.3, 0.4) is 0 Å². The summed E-state index contributed by atoms with van der Waals surface area (Å²) < 4.78 is 99.6. The molecule has 1 amide bonds. The lowest BCUT2D eigenvalue weighted by Crippen LogP contribution is -2.58. The molecule has 5 heterocycles. The Hall–Kier alpha value is -4.82. The molecule has 0 spiro atoms. The van der Waals surface area contributed by atoms with E-state index in [1.165, 1.54) is 24.5 Å². The van der Waals surface area contributed by atoms with Crippen molar-refractivity contribution in [3.8, 4) is 11.1 Å². The number of hydrogen-bond acceptors (Lipinski definition) is 10. The van der Waals surface area contributed by atoms with E-state index in [2.05, 4.69) is 25.2 Å². The molecule has 3 N–H and O–H groups in total. The molecule has 6 rings (SSSR count). The quantitative estimate of drug-likeness (QED) is 0.334. The number of fused-ring (bicyclic) bond motifs is 1. The molecule has 3 aliphatic heterocycles. The number of piperazine rings is 1. The van der Waals surface area contributed by atoms with Crippen LogP contribution in [-0.2, 0) is 20.4 Å². The Morgan fingerprint density at radius 2 is 1.58 bits per heavy atom. The lowest BCUT2D eigenvalue weighted by molar-refractivity contribution is -0.192. The number of nitrogens with one attached hydrogen (secondary N) is 2. The average Bonchev–Trinajstić information content (AvgIpc) is 3.08. The molecular weight excluding hydrogens is 687 g/mol. The zero-order chi connectivity index (χ0) is 36.2. The van der Waals surface area contributed by atoms with E-state index >= 15 is 4.39 Å². The van der Waals surface area contributed by atoms with Crippen molar-refractivity contribution < 1.29 is 54.9 Å². The number of alkyl halides is 6. The minimum Gasteiger partial charge on any atom is -0.475 e. The van der Waals surface area contributed by atoms with Crippen LogP contribution in [0.4, 0.5) is 48.1 Å². The maximum atomic E-state index is 15.7. The third kappa shape index (κ3) is 8.66. The third-order valence-electron chi connectivity index (χ3n) is 8.07. The summed E-state index contributed by atoms with van der Waals surface area (Å²) in [7, 11) is 0. The maximum Gasteiger partial charge on any atom is 0.490 e. The first-order valence-electron chi connectivity index (χ1n) is 15.1. The Bertz CT molecular complexity index is 1750. The number of ether oxygens (including phenoxy) is 2. The number of aliphatic carboxylic acids is 1. The number of carbonyl (C=O) groups excluding carboxylic acids is 1. The van der Waals surface area contributed by atoms with Crippen molar-refractivity contribution in [3.05, 3.63) is 64.1 Å². The number of anilines is 3. The molecule has 1 aromatic carbocycles. The SMILES string of the molecule is O=C(Nc1cc(-c2cnc(N3CCOCC3)nc2)c(F)cc1N1CCN2CCOCC2C1)c1c[nH]c(=O)cc1C(F)(F)F.O=C(O)C(F)(F)F. The number of hydrogen-bond donors (Lipinski definition) is 3. The van der Waals surface area contributed by atoms with Gasteiger partial charge in [0, 0.05) is 75.1 Å². The highest BCUT2D eigenvalue weighted by molar-refractivity contribution is 6.07. The highest BCUT2D eigenvalue weighted by atomic mass is 19.4. The number of pyridine rings is 1. The van der Waals surface area contributed by atoms with Gasteiger partial charge in [-0.3, -0.25) is 14.5 Å². The van der Waals surface area contributed by atoms with E-state index in [-0.39, 0.29) is 17.3 Å². The number of benzene rings is 1. The van der Waals surface area contributed by atoms with Gasteiger partial charge in [0.25, 0.3) is 5.91 Å². The Balaban J connectivity index is 0.000000630. The van der Waals surface area contributed by atoms with E-state index in [0.29, 0.717) is 82.4 Å². The molecule has 2 aromatic heterocycles. The summed E-state index contributed by atoms with van der Waals surface area (Å²) in [5.41, 5.74) is -2.36. The van der Waals surface area contributed by atoms with Crippen molar-refractivity contribution in [1.29, 1.82) is 0 Å². The van der Waals surface area contributed by atoms with Crippen LogP contribution in [0.1, 0.15) is 15.9 Å². The summed E-state index contributed by atoms with van der Waals surface area (Å²) in [6.07, 6.45) is -6.39. The van der Waals surface area contributed by atoms with Crippen LogP contribution in [0.25, 0.3) is 11.1 Å². The summed E-state index contributed by atoms with van der Waals surface area (Å²) in [5.74, 6) is -4.02. The smallest absolute Gasteiger partial charge is 0.475 e. The summed E-state index contributed by atoms with van der Waals surface area (Å²) in [4.78, 5) is 50.8. The van der Waals surface area contributed by atoms with Gasteiger partial charge >= 0.3 is 18.3 Å². The average molecular weight is 718 g/mol. The molecule has 13 nitrogen and oxygen atoms in total. The maximum absolute atomic E-state index is 15.7. The van der Waals surface area contributed by atoms with E-state index in [1.807, 2.05) is 9.80 Å². The predicted octanol–water partition coefficient (Wildman–Crippen LogP) is 3.23. The zero-order valence-electron chi connectivity index (χ0n) is 26.0. The molecule has 3 aliphatic rings. The largest absolute Gasteiger partial charge is 0.490 e. The zero-order valence-corrected chi connectivity index (χ0v) is 26.0. The summed E-state index contributed by atoms with van der Waals surface area (Å²) in [6.45, 7) is 5.81. The third-order valence-corrected chi connectivity index (χ3v) is 8.07. The minimum absolute atomic E-state index is 0.0333. The second-order valence-electron chi connectivity index (χ2n) is 11.3. The molecule has 50 heavy (non-hydrogen) atoms. The summed E-state index contributed by atoms with van der Waals surface area (Å²) >= 11 is 0. The van der Waals surface area contributed by atoms with Crippen molar-refractivity contribution in [2.75, 3.05) is 80.8 Å². The van der Waals surface area contributed by atoms with E-state index < -0.39 is 46.7 Å². The van der Waals surface area contributed by atoms with Crippen molar-refractivity contribution in [2.24, 2.45) is 0 Å². The summed E-state index contributed by atoms with van der Waals surface area (Å²) in [5, 5.41) is 9.68. The van der Waals surface area contributed by atoms with Gasteiger partial charge in [0.1, 0.15) is 5.82 Å². The van der Waals surface area contributed by atoms with Gasteiger partial charge in [0.2, 0.25) is 11.5 Å². The normalized spacial score (nSPS) is 18.5. The van der Waals surface area contributed by atoms with Crippen molar-refractivity contribution >= 4 is 29.2 Å². The molecule has 0 bridgehead atoms. The van der Waals surface area contributed by atoms with Gasteiger partial charge in [-0.1, -0.05) is 0 Å². The van der Waals surface area contributed by atoms with Crippen LogP contribution in [-0.4, -0.2) is 115 Å². The number of carboxylic acid groups (broad SMARTS) is 1. The highest BCUT2D eigenvalue weighted by Crippen LogP contribution is 2.37. The molecular formula is C30H30F7N7O6. The van der Waals surface area contributed by atoms with E-state index in [1.54, 1.807) is 0 Å². The Morgan fingerprint density at radius 3 is 2.22 bits per heavy atom. The Kier molecular flexibility index (Phi) is 10.9. The topological polar surface area (TPSA) is 153 Å². The van der Waals surface area contributed by atoms with Crippen LogP contribution in [0, 0.1) is 5.82 Å². The molecule has 20 heteroatoms. The molecule has 1 unspecified atom stereocenters. The predicted molar refractivity (Wildman–Crippen MR) is 163 cm³/mol. The Labute approximate surface area is 278 Å². The van der Waals surface area contributed by atoms with Crippen molar-refractivity contribution in [3.63, 3.8) is 0 Å². The first kappa shape index (κ1) is 36.5. The standard InChI is InChI=1S/C28H29F4N7O4.C2HF3O2/c29-22-11-24(39-2-1-37-3-8-43-16-18(37)15-39)23(36-26(41)20-14-33-25(40)10-21(20)28(30,31)32)9-19(22)17-12-34-27(35-13-17)38-4-6-42-7-5-38;3-2(4,5)1(6)7/h9-14,18H,1-8,15-16H2,(H,33,40)(H,36,41);(H,6,7). The second kappa shape index (κ2) is 15.0. The molecule has 3 aromatic rings. The first-order valence-corrected chi connectivity index (χ1v) is 15.1. The molecule has 1 atom stereocenters. The molecule has 270 valence electrons. The number of carboxylic acids is 1. The minimum atomic E-state index is -5.08. The highest BCUT2D eigenvalue weighted by Gasteiger charge is 2.38. The van der Waals surface area contributed by atoms with Gasteiger partial charge in [-0.25, -0.2) is 19.2 Å². The number of halogens is 7. The lowest BCUT2D eigenvalue weighted by Gasteiger charge is -2.45. The first-order chi connectivity index (χ1) is 23.6. The molecule has 0 radical (unpaired) electrons. The molecule has 0 saturated carbocycles. The van der Waals surface area contributed by atoms with E-state index in [4.69, 9.17) is 19.4 Å². The lowest BCUT2D eigenvalue weighted by atomic mass is 10.0. The number of aromatic nitrogens is 3. The number of H-pyrrole nitrogens is 1. The number of rotatable bonds is 5. The number of carbonyl (C=O) groups is 2. The van der Waals surface area contributed by atoms with E-state index in [0.717, 1.165) is 12.7 Å². The van der Waals surface area contributed by atoms with Crippen LogP contribution < -0.4 is 20.7 Å². The van der Waals surface area contributed by atoms with Gasteiger partial charge < -0.3 is 34.7 Å². The van der Waals surface area contributed by atoms with Crippen LogP contribution in [0.15, 0.2) is 41.6 Å². The number of nitrogens with zero attached hydrogens (tertiary/aromatic N) is 5. The monoisotopic (exact) mass is 717 g/mol. The van der Waals surface area contributed by atoms with Crippen LogP contribution in [0.5, 0.6) is 0 Å². The van der Waals surface area contributed by atoms with Crippen molar-refractivity contribution in [2.45, 2.75) is 18.4 Å². The Morgan fingerprint density at radius 1 is 0.920 bits per heavy atom. The van der Waals surface area contributed by atoms with Crippen LogP contribution >= 0.6 is 0 Å². The van der Waals surface area contributed by atoms with Gasteiger partial charge in [0.05, 0.1) is 55.0 Å². The van der Waals surface area contributed by atoms with Gasteiger partial charge in [-0.05, 0) is 12.1 Å². The van der Waals surface area contributed by atoms with Gasteiger partial charge in [-0.15, -0.1) is 0 Å². The molecule has 3 saturated heterocycles. The molecule has 0 aliphatic carbocycles. The fourth-order valence-corrected chi connectivity index (χ4v) is 5.58. The van der Waals surface area contributed by atoms with Gasteiger partial charge in [-0.2, -0.15) is 26.3 Å². The van der Waals surface area contributed by atoms with E-state index in [9.17, 15) is 35.9 Å². The fourth-order valence-electron chi connectivity index (χ4n) is 5.58. The summed E-state index contributed by atoms with van der Waals surface area (Å²) in [6, 6.07) is 3.00. The molecule has 3 fully saturated rings. The fraction of sp³-hybridized carbons (Fsp3) is 0.433. The second-order valence-corrected chi connectivity index (χ2v) is 11.3. The van der Waals surface area contributed by atoms with Crippen molar-refractivity contribution in [1.82, 2.24) is 19.9 Å².